The van der Waals surface area contributed by atoms with Gasteiger partial charge in [0.2, 0.25) is 0 Å². The van der Waals surface area contributed by atoms with Crippen molar-refractivity contribution in [3.63, 3.8) is 0 Å². The molecule has 0 aliphatic heterocycles. The number of nitrogens with two attached hydrogens (primary N) is 1. The molecule has 0 aliphatic carbocycles. The summed E-state index contributed by atoms with van der Waals surface area (Å²) in [4.78, 5) is 34.5. The van der Waals surface area contributed by atoms with E-state index in [4.69, 9.17) is 24.3 Å². The molecule has 0 aliphatic rings. The van der Waals surface area contributed by atoms with Crippen LogP contribution >= 0.6 is 7.82 Å². The van der Waals surface area contributed by atoms with Gasteiger partial charge in [0.15, 0.2) is 6.10 Å². The maximum Gasteiger partial charge on any atom is 0.472 e. The SMILES string of the molecule is CC/C=C\C/C=C\C/C=C\C/C=C\C/C=C\C/C=C\C/C=C\CCCCCCCC(=O)OC(COC(=O)CCCCCCCC)COP(=O)(O)OCCN. The maximum atomic E-state index is 12.5. The van der Waals surface area contributed by atoms with Crippen molar-refractivity contribution in [2.75, 3.05) is 26.4 Å². The normalized spacial score (nSPS) is 14.2. The molecule has 9 nitrogen and oxygen atoms in total. The minimum Gasteiger partial charge on any atom is -0.462 e. The molecule has 0 aromatic heterocycles. The Morgan fingerprint density at radius 3 is 1.52 bits per heavy atom. The lowest BCUT2D eigenvalue weighted by Gasteiger charge is -2.19. The number of unbranched alkanes of at least 4 members (excludes halogenated alkanes) is 10. The minimum absolute atomic E-state index is 0.0458. The van der Waals surface area contributed by atoms with E-state index in [1.165, 1.54) is 6.42 Å². The van der Waals surface area contributed by atoms with Crippen LogP contribution in [0.5, 0.6) is 0 Å². The van der Waals surface area contributed by atoms with Crippen molar-refractivity contribution >= 4 is 19.8 Å². The second kappa shape index (κ2) is 39.9. The van der Waals surface area contributed by atoms with Crippen molar-refractivity contribution in [3.8, 4) is 0 Å². The zero-order valence-corrected chi connectivity index (χ0v) is 34.6. The van der Waals surface area contributed by atoms with Gasteiger partial charge in [0, 0.05) is 19.4 Å². The summed E-state index contributed by atoms with van der Waals surface area (Å²) < 4.78 is 32.5. The lowest BCUT2D eigenvalue weighted by Crippen LogP contribution is -2.29. The average molecular weight is 776 g/mol. The third kappa shape index (κ3) is 38.9. The molecule has 0 spiro atoms. The van der Waals surface area contributed by atoms with Crippen LogP contribution in [0.2, 0.25) is 0 Å². The number of allylic oxidation sites excluding steroid dienone is 14. The second-order valence-corrected chi connectivity index (χ2v) is 14.6. The van der Waals surface area contributed by atoms with E-state index in [2.05, 4.69) is 98.9 Å². The molecule has 2 atom stereocenters. The zero-order valence-electron chi connectivity index (χ0n) is 33.7. The maximum absolute atomic E-state index is 12.5. The van der Waals surface area contributed by atoms with Crippen LogP contribution in [-0.2, 0) is 32.7 Å². The lowest BCUT2D eigenvalue weighted by molar-refractivity contribution is -0.161. The molecule has 54 heavy (non-hydrogen) atoms. The van der Waals surface area contributed by atoms with Gasteiger partial charge in [-0.3, -0.25) is 18.6 Å². The fraction of sp³-hybridized carbons (Fsp3) is 0.636. The van der Waals surface area contributed by atoms with E-state index < -0.39 is 32.5 Å². The van der Waals surface area contributed by atoms with E-state index in [1.54, 1.807) is 0 Å². The smallest absolute Gasteiger partial charge is 0.462 e. The van der Waals surface area contributed by atoms with Crippen LogP contribution in [0.3, 0.4) is 0 Å². The Balaban J connectivity index is 4.09. The Hall–Kier alpha value is -2.81. The van der Waals surface area contributed by atoms with E-state index in [0.29, 0.717) is 6.42 Å². The third-order valence-electron chi connectivity index (χ3n) is 8.05. The van der Waals surface area contributed by atoms with E-state index in [1.807, 2.05) is 0 Å². The van der Waals surface area contributed by atoms with Crippen LogP contribution in [0.4, 0.5) is 0 Å². The minimum atomic E-state index is -4.38. The number of phosphoric ester groups is 1. The number of phosphoric acid groups is 1. The number of ether oxygens (including phenoxy) is 2. The van der Waals surface area contributed by atoms with Gasteiger partial charge in [-0.2, -0.15) is 0 Å². The molecular formula is C44H74NO8P. The van der Waals surface area contributed by atoms with Crippen LogP contribution in [0.25, 0.3) is 0 Å². The Bertz CT molecular complexity index is 1160. The van der Waals surface area contributed by atoms with Gasteiger partial charge in [-0.1, -0.05) is 150 Å². The van der Waals surface area contributed by atoms with Crippen LogP contribution in [0.15, 0.2) is 85.1 Å². The van der Waals surface area contributed by atoms with E-state index in [-0.39, 0.29) is 32.6 Å². The molecule has 2 unspecified atom stereocenters. The first-order valence-corrected chi connectivity index (χ1v) is 22.1. The molecule has 0 fully saturated rings. The second-order valence-electron chi connectivity index (χ2n) is 13.1. The summed E-state index contributed by atoms with van der Waals surface area (Å²) in [6, 6.07) is 0. The number of carbonyl (C=O) groups is 2. The number of esters is 2. The molecule has 0 rings (SSSR count). The van der Waals surface area contributed by atoms with Gasteiger partial charge < -0.3 is 20.1 Å². The molecule has 0 radical (unpaired) electrons. The van der Waals surface area contributed by atoms with E-state index >= 15 is 0 Å². The van der Waals surface area contributed by atoms with Gasteiger partial charge >= 0.3 is 19.8 Å². The molecule has 0 saturated heterocycles. The van der Waals surface area contributed by atoms with Gasteiger partial charge in [0.05, 0.1) is 13.2 Å². The largest absolute Gasteiger partial charge is 0.472 e. The van der Waals surface area contributed by atoms with Crippen molar-refractivity contribution in [1.82, 2.24) is 0 Å². The summed E-state index contributed by atoms with van der Waals surface area (Å²) in [5, 5.41) is 0. The van der Waals surface area contributed by atoms with Gasteiger partial charge in [-0.05, 0) is 70.6 Å². The fourth-order valence-electron chi connectivity index (χ4n) is 5.02. The average Bonchev–Trinajstić information content (AvgIpc) is 3.16. The van der Waals surface area contributed by atoms with Gasteiger partial charge in [-0.15, -0.1) is 0 Å². The predicted molar refractivity (Wildman–Crippen MR) is 224 cm³/mol. The van der Waals surface area contributed by atoms with Crippen LogP contribution in [0.1, 0.15) is 149 Å². The first-order chi connectivity index (χ1) is 26.3. The van der Waals surface area contributed by atoms with E-state index in [0.717, 1.165) is 109 Å². The van der Waals surface area contributed by atoms with Crippen molar-refractivity contribution < 1.29 is 37.6 Å². The Morgan fingerprint density at radius 2 is 1.02 bits per heavy atom. The van der Waals surface area contributed by atoms with E-state index in [9.17, 15) is 19.0 Å². The summed E-state index contributed by atoms with van der Waals surface area (Å²) in [5.74, 6) is -0.870. The monoisotopic (exact) mass is 776 g/mol. The summed E-state index contributed by atoms with van der Waals surface area (Å²) in [6.45, 7) is 3.49. The predicted octanol–water partition coefficient (Wildman–Crippen LogP) is 11.7. The molecule has 0 saturated carbocycles. The molecule has 10 heteroatoms. The summed E-state index contributed by atoms with van der Waals surface area (Å²) in [6.07, 6.45) is 49.4. The fourth-order valence-corrected chi connectivity index (χ4v) is 5.79. The highest BCUT2D eigenvalue weighted by atomic mass is 31.2. The number of carbonyl (C=O) groups excluding carboxylic acids is 2. The summed E-state index contributed by atoms with van der Waals surface area (Å²) >= 11 is 0. The number of hydrogen-bond acceptors (Lipinski definition) is 8. The first-order valence-electron chi connectivity index (χ1n) is 20.6. The molecule has 0 amide bonds. The Morgan fingerprint density at radius 1 is 0.574 bits per heavy atom. The molecular weight excluding hydrogens is 701 g/mol. The van der Waals surface area contributed by atoms with Crippen molar-refractivity contribution in [2.45, 2.75) is 155 Å². The number of hydrogen-bond donors (Lipinski definition) is 2. The highest BCUT2D eigenvalue weighted by molar-refractivity contribution is 7.47. The van der Waals surface area contributed by atoms with Crippen molar-refractivity contribution in [2.24, 2.45) is 5.73 Å². The number of rotatable bonds is 37. The lowest BCUT2D eigenvalue weighted by atomic mass is 10.1. The molecule has 0 bridgehead atoms. The van der Waals surface area contributed by atoms with Crippen LogP contribution in [0, 0.1) is 0 Å². The molecule has 0 aromatic rings. The topological polar surface area (TPSA) is 134 Å². The van der Waals surface area contributed by atoms with Gasteiger partial charge in [0.1, 0.15) is 6.61 Å². The molecule has 0 heterocycles. The molecule has 3 N–H and O–H groups in total. The quantitative estimate of drug-likeness (QED) is 0.0274. The first kappa shape index (κ1) is 51.2. The standard InChI is InChI=1S/C44H74NO8P/c1-3-5-7-9-11-12-13-14-15-16-17-18-19-20-21-22-23-24-25-26-27-28-29-30-31-33-35-37-44(47)53-42(41-52-54(48,49)51-39-38-45)40-50-43(46)36-34-32-10-8-6-4-2/h5,7,11-12,14-15,17-18,20-21,23-24,26-27,42H,3-4,6,8-10,13,16,19,22,25,28-41,45H2,1-2H3,(H,48,49)/b7-5-,12-11-,15-14-,18-17-,21-20-,24-23-,27-26-. The Labute approximate surface area is 328 Å². The Kier molecular flexibility index (Phi) is 37.8. The highest BCUT2D eigenvalue weighted by Crippen LogP contribution is 2.43. The van der Waals surface area contributed by atoms with Crippen LogP contribution < -0.4 is 5.73 Å². The van der Waals surface area contributed by atoms with Crippen molar-refractivity contribution in [3.05, 3.63) is 85.1 Å². The summed E-state index contributed by atoms with van der Waals surface area (Å²) in [7, 11) is -4.38. The van der Waals surface area contributed by atoms with Gasteiger partial charge in [0.25, 0.3) is 0 Å². The molecule has 308 valence electrons. The highest BCUT2D eigenvalue weighted by Gasteiger charge is 2.25. The van der Waals surface area contributed by atoms with Crippen molar-refractivity contribution in [1.29, 1.82) is 0 Å². The van der Waals surface area contributed by atoms with Gasteiger partial charge in [-0.25, -0.2) is 4.57 Å². The van der Waals surface area contributed by atoms with Crippen LogP contribution in [-0.4, -0.2) is 49.3 Å². The summed E-state index contributed by atoms with van der Waals surface area (Å²) in [5.41, 5.74) is 5.32. The third-order valence-corrected chi connectivity index (χ3v) is 9.03. The molecule has 0 aromatic carbocycles. The zero-order chi connectivity index (χ0) is 39.6.